The van der Waals surface area contributed by atoms with Gasteiger partial charge in [0.05, 0.1) is 6.10 Å². The first-order chi connectivity index (χ1) is 11.6. The van der Waals surface area contributed by atoms with Gasteiger partial charge in [0.1, 0.15) is 0 Å². The molecule has 4 nitrogen and oxygen atoms in total. The van der Waals surface area contributed by atoms with Gasteiger partial charge < -0.3 is 15.3 Å². The smallest absolute Gasteiger partial charge is 0.226 e. The highest BCUT2D eigenvalue weighted by Gasteiger charge is 2.13. The lowest BCUT2D eigenvalue weighted by molar-refractivity contribution is -0.116. The minimum atomic E-state index is -0.416. The normalized spacial score (nSPS) is 11.8. The molecular formula is C19H23ClN2O2. The molecule has 0 bridgehead atoms. The summed E-state index contributed by atoms with van der Waals surface area (Å²) in [5.41, 5.74) is 1.69. The SMILES string of the molecule is CCC(O)CN(CCC(=O)Nc1cccc(Cl)c1)c1ccccc1. The van der Waals surface area contributed by atoms with Crippen LogP contribution in [0.15, 0.2) is 54.6 Å². The maximum absolute atomic E-state index is 12.2. The third-order valence-corrected chi connectivity index (χ3v) is 3.98. The van der Waals surface area contributed by atoms with E-state index >= 15 is 0 Å². The lowest BCUT2D eigenvalue weighted by atomic mass is 10.2. The van der Waals surface area contributed by atoms with Crippen LogP contribution in [0.2, 0.25) is 5.02 Å². The molecule has 0 aliphatic heterocycles. The lowest BCUT2D eigenvalue weighted by Crippen LogP contribution is -2.34. The molecule has 2 aromatic carbocycles. The Bertz CT molecular complexity index is 649. The van der Waals surface area contributed by atoms with E-state index in [1.807, 2.05) is 42.2 Å². The second-order valence-electron chi connectivity index (χ2n) is 5.65. The number of benzene rings is 2. The quantitative estimate of drug-likeness (QED) is 0.761. The number of nitrogens with zero attached hydrogens (tertiary/aromatic N) is 1. The lowest BCUT2D eigenvalue weighted by Gasteiger charge is -2.26. The Morgan fingerprint density at radius 1 is 1.21 bits per heavy atom. The van der Waals surface area contributed by atoms with E-state index in [0.717, 1.165) is 5.69 Å². The second kappa shape index (κ2) is 9.30. The summed E-state index contributed by atoms with van der Waals surface area (Å²) < 4.78 is 0. The molecule has 1 atom stereocenters. The molecule has 2 aromatic rings. The first-order valence-electron chi connectivity index (χ1n) is 8.12. The molecule has 0 spiro atoms. The first kappa shape index (κ1) is 18.3. The van der Waals surface area contributed by atoms with Gasteiger partial charge in [0.2, 0.25) is 5.91 Å². The monoisotopic (exact) mass is 346 g/mol. The summed E-state index contributed by atoms with van der Waals surface area (Å²) in [5.74, 6) is -0.0795. The van der Waals surface area contributed by atoms with E-state index in [9.17, 15) is 9.90 Å². The molecule has 2 N–H and O–H groups in total. The Hall–Kier alpha value is -2.04. The number of hydrogen-bond donors (Lipinski definition) is 2. The number of hydrogen-bond acceptors (Lipinski definition) is 3. The second-order valence-corrected chi connectivity index (χ2v) is 6.09. The topological polar surface area (TPSA) is 52.6 Å². The van der Waals surface area contributed by atoms with Gasteiger partial charge in [-0.2, -0.15) is 0 Å². The van der Waals surface area contributed by atoms with Crippen molar-refractivity contribution < 1.29 is 9.90 Å². The molecule has 128 valence electrons. The van der Waals surface area contributed by atoms with Gasteiger partial charge in [-0.05, 0) is 36.8 Å². The maximum Gasteiger partial charge on any atom is 0.226 e. The van der Waals surface area contributed by atoms with Crippen LogP contribution in [0.4, 0.5) is 11.4 Å². The minimum Gasteiger partial charge on any atom is -0.391 e. The Labute approximate surface area is 148 Å². The van der Waals surface area contributed by atoms with E-state index in [4.69, 9.17) is 11.6 Å². The first-order valence-corrected chi connectivity index (χ1v) is 8.49. The van der Waals surface area contributed by atoms with Crippen LogP contribution in [0.25, 0.3) is 0 Å². The molecule has 0 saturated heterocycles. The molecule has 0 aromatic heterocycles. The van der Waals surface area contributed by atoms with Gasteiger partial charge in [-0.25, -0.2) is 0 Å². The molecule has 0 fully saturated rings. The summed E-state index contributed by atoms with van der Waals surface area (Å²) in [5, 5.41) is 13.4. The zero-order valence-corrected chi connectivity index (χ0v) is 14.5. The maximum atomic E-state index is 12.2. The standard InChI is InChI=1S/C19H23ClN2O2/c1-2-18(23)14-22(17-9-4-3-5-10-17)12-11-19(24)21-16-8-6-7-15(20)13-16/h3-10,13,18,23H,2,11-12,14H2,1H3,(H,21,24). The molecule has 0 aliphatic carbocycles. The largest absolute Gasteiger partial charge is 0.391 e. The van der Waals surface area contributed by atoms with Crippen molar-refractivity contribution in [3.05, 3.63) is 59.6 Å². The van der Waals surface area contributed by atoms with Crippen molar-refractivity contribution >= 4 is 28.9 Å². The Morgan fingerprint density at radius 2 is 1.96 bits per heavy atom. The van der Waals surface area contributed by atoms with Crippen LogP contribution in [0, 0.1) is 0 Å². The van der Waals surface area contributed by atoms with Gasteiger partial charge >= 0.3 is 0 Å². The Balaban J connectivity index is 1.95. The van der Waals surface area contributed by atoms with E-state index in [0.29, 0.717) is 36.6 Å². The average Bonchev–Trinajstić information content (AvgIpc) is 2.59. The molecule has 1 amide bonds. The summed E-state index contributed by atoms with van der Waals surface area (Å²) in [4.78, 5) is 14.2. The van der Waals surface area contributed by atoms with Crippen molar-refractivity contribution in [2.24, 2.45) is 0 Å². The molecular weight excluding hydrogens is 324 g/mol. The van der Waals surface area contributed by atoms with Gasteiger partial charge in [-0.3, -0.25) is 4.79 Å². The number of carbonyl (C=O) groups excluding carboxylic acids is 1. The zero-order chi connectivity index (χ0) is 17.4. The van der Waals surface area contributed by atoms with Crippen molar-refractivity contribution in [1.82, 2.24) is 0 Å². The average molecular weight is 347 g/mol. The highest BCUT2D eigenvalue weighted by atomic mass is 35.5. The minimum absolute atomic E-state index is 0.0795. The number of aliphatic hydroxyl groups is 1. The van der Waals surface area contributed by atoms with Crippen molar-refractivity contribution in [3.63, 3.8) is 0 Å². The van der Waals surface area contributed by atoms with Gasteiger partial charge in [0.15, 0.2) is 0 Å². The zero-order valence-electron chi connectivity index (χ0n) is 13.8. The van der Waals surface area contributed by atoms with Crippen LogP contribution in [0.5, 0.6) is 0 Å². The van der Waals surface area contributed by atoms with Crippen LogP contribution in [-0.4, -0.2) is 30.2 Å². The molecule has 2 rings (SSSR count). The molecule has 1 unspecified atom stereocenters. The van der Waals surface area contributed by atoms with E-state index in [1.54, 1.807) is 24.3 Å². The molecule has 0 heterocycles. The fourth-order valence-corrected chi connectivity index (χ4v) is 2.56. The summed E-state index contributed by atoms with van der Waals surface area (Å²) in [6.07, 6.45) is 0.594. The number of nitrogens with one attached hydrogen (secondary N) is 1. The van der Waals surface area contributed by atoms with E-state index < -0.39 is 6.10 Å². The van der Waals surface area contributed by atoms with Crippen molar-refractivity contribution in [2.45, 2.75) is 25.9 Å². The van der Waals surface area contributed by atoms with Gasteiger partial charge in [0.25, 0.3) is 0 Å². The number of halogens is 1. The third kappa shape index (κ3) is 5.87. The van der Waals surface area contributed by atoms with Crippen LogP contribution in [0.1, 0.15) is 19.8 Å². The van der Waals surface area contributed by atoms with Crippen LogP contribution >= 0.6 is 11.6 Å². The summed E-state index contributed by atoms with van der Waals surface area (Å²) >= 11 is 5.92. The van der Waals surface area contributed by atoms with Crippen molar-refractivity contribution in [2.75, 3.05) is 23.3 Å². The summed E-state index contributed by atoms with van der Waals surface area (Å²) in [7, 11) is 0. The van der Waals surface area contributed by atoms with Crippen LogP contribution < -0.4 is 10.2 Å². The number of para-hydroxylation sites is 1. The molecule has 0 aliphatic rings. The van der Waals surface area contributed by atoms with Crippen molar-refractivity contribution in [3.8, 4) is 0 Å². The predicted octanol–water partition coefficient (Wildman–Crippen LogP) is 3.95. The Kier molecular flexibility index (Phi) is 7.09. The van der Waals surface area contributed by atoms with E-state index in [1.165, 1.54) is 0 Å². The van der Waals surface area contributed by atoms with Crippen LogP contribution in [-0.2, 0) is 4.79 Å². The number of amides is 1. The fraction of sp³-hybridized carbons (Fsp3) is 0.316. The molecule has 5 heteroatoms. The highest BCUT2D eigenvalue weighted by Crippen LogP contribution is 2.17. The fourth-order valence-electron chi connectivity index (χ4n) is 2.37. The van der Waals surface area contributed by atoms with E-state index in [-0.39, 0.29) is 5.91 Å². The number of aliphatic hydroxyl groups excluding tert-OH is 1. The molecule has 24 heavy (non-hydrogen) atoms. The third-order valence-electron chi connectivity index (χ3n) is 3.74. The van der Waals surface area contributed by atoms with Gasteiger partial charge in [0, 0.05) is 35.9 Å². The molecule has 0 radical (unpaired) electrons. The van der Waals surface area contributed by atoms with E-state index in [2.05, 4.69) is 5.32 Å². The van der Waals surface area contributed by atoms with Crippen molar-refractivity contribution in [1.29, 1.82) is 0 Å². The summed E-state index contributed by atoms with van der Waals surface area (Å²) in [6.45, 7) is 2.98. The highest BCUT2D eigenvalue weighted by molar-refractivity contribution is 6.30. The number of carbonyl (C=O) groups is 1. The van der Waals surface area contributed by atoms with Gasteiger partial charge in [-0.1, -0.05) is 42.8 Å². The predicted molar refractivity (Wildman–Crippen MR) is 99.7 cm³/mol. The van der Waals surface area contributed by atoms with Gasteiger partial charge in [-0.15, -0.1) is 0 Å². The summed E-state index contributed by atoms with van der Waals surface area (Å²) in [6, 6.07) is 16.9. The molecule has 0 saturated carbocycles. The van der Waals surface area contributed by atoms with Crippen LogP contribution in [0.3, 0.4) is 0 Å². The Morgan fingerprint density at radius 3 is 2.62 bits per heavy atom. The number of rotatable bonds is 8. The number of anilines is 2.